The van der Waals surface area contributed by atoms with Gasteiger partial charge in [-0.3, -0.25) is 4.90 Å². The van der Waals surface area contributed by atoms with Crippen molar-refractivity contribution in [1.29, 1.82) is 0 Å². The van der Waals surface area contributed by atoms with Crippen LogP contribution in [-0.2, 0) is 5.54 Å². The molecule has 0 aromatic carbocycles. The van der Waals surface area contributed by atoms with Crippen LogP contribution in [-0.4, -0.2) is 32.6 Å². The van der Waals surface area contributed by atoms with Crippen molar-refractivity contribution in [1.82, 2.24) is 14.9 Å². The molecule has 1 aromatic heterocycles. The number of imidazole rings is 1. The number of amides is 1. The number of H-pyrrole nitrogens is 1. The number of nitrogens with zero attached hydrogens (tertiary/aromatic N) is 2. The predicted molar refractivity (Wildman–Crippen MR) is 81.1 cm³/mol. The summed E-state index contributed by atoms with van der Waals surface area (Å²) < 4.78 is 0.911. The maximum atomic E-state index is 11.6. The second kappa shape index (κ2) is 4.64. The Morgan fingerprint density at radius 3 is 2.58 bits per heavy atom. The van der Waals surface area contributed by atoms with E-state index in [1.54, 1.807) is 4.90 Å². The van der Waals surface area contributed by atoms with Crippen LogP contribution >= 0.6 is 22.6 Å². The fourth-order valence-corrected chi connectivity index (χ4v) is 3.47. The number of hydrogen-bond acceptors (Lipinski definition) is 2. The number of likely N-dealkylation sites (tertiary alicyclic amines) is 1. The van der Waals surface area contributed by atoms with Crippen LogP contribution < -0.4 is 0 Å². The van der Waals surface area contributed by atoms with E-state index in [0.29, 0.717) is 6.54 Å². The largest absolute Gasteiger partial charge is 0.465 e. The highest BCUT2D eigenvalue weighted by Gasteiger charge is 2.55. The Balaban J connectivity index is 2.62. The Morgan fingerprint density at radius 2 is 2.16 bits per heavy atom. The number of aromatic amines is 1. The number of halogens is 1. The lowest BCUT2D eigenvalue weighted by Gasteiger charge is -2.45. The number of carboxylic acid groups (broad SMARTS) is 1. The molecule has 1 saturated heterocycles. The summed E-state index contributed by atoms with van der Waals surface area (Å²) in [5.74, 6) is 0.779. The first-order chi connectivity index (χ1) is 8.70. The zero-order valence-corrected chi connectivity index (χ0v) is 13.9. The van der Waals surface area contributed by atoms with Gasteiger partial charge in [0.1, 0.15) is 15.1 Å². The molecule has 0 aliphatic carbocycles. The van der Waals surface area contributed by atoms with Gasteiger partial charge in [-0.1, -0.05) is 20.8 Å². The SMILES string of the molecule is Cc1[nH]c([C@@]2(C(C)(C)C)CCCN2C(=O)O)nc1I. The summed E-state index contributed by atoms with van der Waals surface area (Å²) in [7, 11) is 0. The highest BCUT2D eigenvalue weighted by Crippen LogP contribution is 2.50. The summed E-state index contributed by atoms with van der Waals surface area (Å²) in [5.41, 5.74) is 0.221. The maximum absolute atomic E-state index is 11.6. The highest BCUT2D eigenvalue weighted by molar-refractivity contribution is 14.1. The second-order valence-corrected chi connectivity index (χ2v) is 7.17. The number of hydrogen-bond donors (Lipinski definition) is 2. The quantitative estimate of drug-likeness (QED) is 0.738. The van der Waals surface area contributed by atoms with E-state index in [2.05, 4.69) is 53.3 Å². The van der Waals surface area contributed by atoms with Crippen molar-refractivity contribution in [3.8, 4) is 0 Å². The zero-order chi connectivity index (χ0) is 14.4. The number of nitrogens with one attached hydrogen (secondary N) is 1. The van der Waals surface area contributed by atoms with Crippen molar-refractivity contribution in [3.63, 3.8) is 0 Å². The summed E-state index contributed by atoms with van der Waals surface area (Å²) in [6.45, 7) is 8.79. The summed E-state index contributed by atoms with van der Waals surface area (Å²) in [6.07, 6.45) is 0.822. The van der Waals surface area contributed by atoms with Crippen LogP contribution in [0.2, 0.25) is 0 Å². The molecule has 2 rings (SSSR count). The van der Waals surface area contributed by atoms with Gasteiger partial charge in [-0.2, -0.15) is 0 Å². The van der Waals surface area contributed by atoms with Crippen molar-refractivity contribution in [2.45, 2.75) is 46.1 Å². The molecule has 106 valence electrons. The van der Waals surface area contributed by atoms with Gasteiger partial charge in [-0.15, -0.1) is 0 Å². The summed E-state index contributed by atoms with van der Waals surface area (Å²) in [4.78, 5) is 21.1. The van der Waals surface area contributed by atoms with E-state index in [1.165, 1.54) is 0 Å². The molecular formula is C13H20IN3O2. The van der Waals surface area contributed by atoms with Gasteiger partial charge in [-0.05, 0) is 47.8 Å². The van der Waals surface area contributed by atoms with Crippen molar-refractivity contribution >= 4 is 28.7 Å². The van der Waals surface area contributed by atoms with Crippen LogP contribution in [0.25, 0.3) is 0 Å². The van der Waals surface area contributed by atoms with Crippen LogP contribution in [0.15, 0.2) is 0 Å². The molecule has 0 unspecified atom stereocenters. The van der Waals surface area contributed by atoms with E-state index >= 15 is 0 Å². The standard InChI is InChI=1S/C13H20IN3O2/c1-8-9(14)16-10(15-8)13(12(2,3)4)6-5-7-17(13)11(18)19/h5-7H2,1-4H3,(H,15,16)(H,18,19)/t13-/m1/s1. The maximum Gasteiger partial charge on any atom is 0.408 e. The topological polar surface area (TPSA) is 69.2 Å². The second-order valence-electron chi connectivity index (χ2n) is 6.15. The van der Waals surface area contributed by atoms with Crippen LogP contribution in [0.4, 0.5) is 4.79 Å². The molecule has 2 N–H and O–H groups in total. The van der Waals surface area contributed by atoms with Crippen molar-refractivity contribution in [2.75, 3.05) is 6.54 Å². The average Bonchev–Trinajstić information content (AvgIpc) is 2.83. The van der Waals surface area contributed by atoms with Gasteiger partial charge in [0, 0.05) is 12.2 Å². The van der Waals surface area contributed by atoms with E-state index < -0.39 is 11.6 Å². The highest BCUT2D eigenvalue weighted by atomic mass is 127. The average molecular weight is 377 g/mol. The van der Waals surface area contributed by atoms with Gasteiger partial charge in [-0.25, -0.2) is 9.78 Å². The third kappa shape index (κ3) is 2.13. The summed E-state index contributed by atoms with van der Waals surface area (Å²) >= 11 is 2.18. The molecule has 0 radical (unpaired) electrons. The lowest BCUT2D eigenvalue weighted by atomic mass is 9.71. The minimum Gasteiger partial charge on any atom is -0.465 e. The van der Waals surface area contributed by atoms with Crippen molar-refractivity contribution in [3.05, 3.63) is 15.2 Å². The number of rotatable bonds is 1. The first-order valence-electron chi connectivity index (χ1n) is 6.43. The Hall–Kier alpha value is -0.790. The molecule has 1 aliphatic rings. The molecule has 2 heterocycles. The molecule has 0 saturated carbocycles. The number of carbonyl (C=O) groups is 1. The third-order valence-electron chi connectivity index (χ3n) is 4.07. The van der Waals surface area contributed by atoms with Gasteiger partial charge >= 0.3 is 6.09 Å². The lowest BCUT2D eigenvalue weighted by Crippen LogP contribution is -2.53. The van der Waals surface area contributed by atoms with Gasteiger partial charge < -0.3 is 10.1 Å². The minimum atomic E-state index is -0.864. The molecular weight excluding hydrogens is 357 g/mol. The Kier molecular flexibility index (Phi) is 3.57. The number of aromatic nitrogens is 2. The number of aryl methyl sites for hydroxylation is 1. The molecule has 1 aromatic rings. The van der Waals surface area contributed by atoms with E-state index in [4.69, 9.17) is 0 Å². The smallest absolute Gasteiger partial charge is 0.408 e. The van der Waals surface area contributed by atoms with Gasteiger partial charge in [0.15, 0.2) is 0 Å². The normalized spacial score (nSPS) is 23.9. The van der Waals surface area contributed by atoms with Crippen LogP contribution in [0.3, 0.4) is 0 Å². The van der Waals surface area contributed by atoms with Crippen LogP contribution in [0.5, 0.6) is 0 Å². The lowest BCUT2D eigenvalue weighted by molar-refractivity contribution is 0.0215. The van der Waals surface area contributed by atoms with Crippen molar-refractivity contribution < 1.29 is 9.90 Å². The van der Waals surface area contributed by atoms with Crippen molar-refractivity contribution in [2.24, 2.45) is 5.41 Å². The molecule has 1 fully saturated rings. The van der Waals surface area contributed by atoms with Gasteiger partial charge in [0.25, 0.3) is 0 Å². The molecule has 1 atom stereocenters. The molecule has 0 spiro atoms. The van der Waals surface area contributed by atoms with Gasteiger partial charge in [0.2, 0.25) is 0 Å². The molecule has 5 nitrogen and oxygen atoms in total. The first kappa shape index (κ1) is 14.6. The molecule has 1 aliphatic heterocycles. The first-order valence-corrected chi connectivity index (χ1v) is 7.51. The van der Waals surface area contributed by atoms with E-state index in [0.717, 1.165) is 28.1 Å². The molecule has 0 bridgehead atoms. The fourth-order valence-electron chi connectivity index (χ4n) is 3.09. The Morgan fingerprint density at radius 1 is 1.53 bits per heavy atom. The van der Waals surface area contributed by atoms with Crippen LogP contribution in [0.1, 0.15) is 45.1 Å². The van der Waals surface area contributed by atoms with Crippen LogP contribution in [0, 0.1) is 16.0 Å². The molecule has 6 heteroatoms. The van der Waals surface area contributed by atoms with Gasteiger partial charge in [0.05, 0.1) is 0 Å². The zero-order valence-electron chi connectivity index (χ0n) is 11.7. The van der Waals surface area contributed by atoms with E-state index in [1.807, 2.05) is 6.92 Å². The Labute approximate surface area is 126 Å². The fraction of sp³-hybridized carbons (Fsp3) is 0.692. The minimum absolute atomic E-state index is 0.213. The summed E-state index contributed by atoms with van der Waals surface area (Å²) in [5, 5.41) is 9.53. The third-order valence-corrected chi connectivity index (χ3v) is 5.12. The summed E-state index contributed by atoms with van der Waals surface area (Å²) in [6, 6.07) is 0. The van der Waals surface area contributed by atoms with E-state index in [-0.39, 0.29) is 5.41 Å². The molecule has 19 heavy (non-hydrogen) atoms. The van der Waals surface area contributed by atoms with E-state index in [9.17, 15) is 9.90 Å². The monoisotopic (exact) mass is 377 g/mol. The predicted octanol–water partition coefficient (Wildman–Crippen LogP) is 3.34. The Bertz CT molecular complexity index is 487. The molecule has 1 amide bonds.